The van der Waals surface area contributed by atoms with Gasteiger partial charge in [0.2, 0.25) is 0 Å². The van der Waals surface area contributed by atoms with Crippen molar-refractivity contribution in [3.8, 4) is 0 Å². The third kappa shape index (κ3) is 2.51. The summed E-state index contributed by atoms with van der Waals surface area (Å²) in [6.45, 7) is 0.545. The van der Waals surface area contributed by atoms with Crippen molar-refractivity contribution in [3.05, 3.63) is 45.3 Å². The number of aromatic nitrogens is 2. The molecule has 6 nitrogen and oxygen atoms in total. The van der Waals surface area contributed by atoms with Crippen LogP contribution < -0.4 is 5.32 Å². The minimum atomic E-state index is -0.370. The standard InChI is InChI=1S/C11H8N4O2SSe/c16-15(17)10-4-7(6-18-10)5-12-8-2-1-3-9-11(8)14-19-13-9/h1-4,6,12H,5H2. The summed E-state index contributed by atoms with van der Waals surface area (Å²) in [6, 6.07) is 7.40. The van der Waals surface area contributed by atoms with E-state index in [4.69, 9.17) is 0 Å². The van der Waals surface area contributed by atoms with Gasteiger partial charge >= 0.3 is 118 Å². The van der Waals surface area contributed by atoms with Gasteiger partial charge in [-0.15, -0.1) is 0 Å². The maximum absolute atomic E-state index is 10.6. The predicted octanol–water partition coefficient (Wildman–Crippen LogP) is 2.27. The summed E-state index contributed by atoms with van der Waals surface area (Å²) in [6.07, 6.45) is 0. The number of nitrogens with zero attached hydrogens (tertiary/aromatic N) is 3. The molecular weight excluding hydrogens is 331 g/mol. The van der Waals surface area contributed by atoms with Crippen LogP contribution in [0.1, 0.15) is 5.56 Å². The molecule has 0 atom stereocenters. The zero-order valence-electron chi connectivity index (χ0n) is 9.57. The van der Waals surface area contributed by atoms with Crippen LogP contribution in [0.5, 0.6) is 0 Å². The van der Waals surface area contributed by atoms with E-state index in [0.29, 0.717) is 6.54 Å². The minimum absolute atomic E-state index is 0.0543. The Morgan fingerprint density at radius 2 is 2.32 bits per heavy atom. The van der Waals surface area contributed by atoms with Crippen molar-refractivity contribution >= 4 is 48.0 Å². The number of rotatable bonds is 4. The molecule has 0 spiro atoms. The number of nitro groups is 1. The molecule has 1 aromatic carbocycles. The Morgan fingerprint density at radius 3 is 3.11 bits per heavy atom. The van der Waals surface area contributed by atoms with E-state index in [1.165, 1.54) is 0 Å². The predicted molar refractivity (Wildman–Crippen MR) is 74.8 cm³/mol. The molecule has 0 aliphatic rings. The Hall–Kier alpha value is -1.76. The Bertz CT molecular complexity index is 739. The molecule has 2 heterocycles. The molecule has 19 heavy (non-hydrogen) atoms. The second-order valence-corrected chi connectivity index (χ2v) is 5.84. The fourth-order valence-corrected chi connectivity index (χ4v) is 3.58. The van der Waals surface area contributed by atoms with E-state index in [2.05, 4.69) is 13.3 Å². The number of benzene rings is 1. The maximum atomic E-state index is 10.6. The monoisotopic (exact) mass is 340 g/mol. The zero-order chi connectivity index (χ0) is 13.2. The van der Waals surface area contributed by atoms with Crippen LogP contribution in [-0.2, 0) is 6.54 Å². The van der Waals surface area contributed by atoms with Crippen LogP contribution in [0, 0.1) is 10.1 Å². The molecule has 0 bridgehead atoms. The van der Waals surface area contributed by atoms with Gasteiger partial charge in [-0.05, 0) is 0 Å². The van der Waals surface area contributed by atoms with E-state index in [1.54, 1.807) is 11.4 Å². The van der Waals surface area contributed by atoms with Crippen molar-refractivity contribution in [3.63, 3.8) is 0 Å². The molecule has 96 valence electrons. The molecule has 0 fully saturated rings. The van der Waals surface area contributed by atoms with Gasteiger partial charge < -0.3 is 0 Å². The van der Waals surface area contributed by atoms with E-state index >= 15 is 0 Å². The van der Waals surface area contributed by atoms with E-state index < -0.39 is 0 Å². The van der Waals surface area contributed by atoms with Crippen LogP contribution in [0.15, 0.2) is 29.6 Å². The van der Waals surface area contributed by atoms with Gasteiger partial charge in [-0.25, -0.2) is 0 Å². The third-order valence-corrected chi connectivity index (χ3v) is 4.66. The molecule has 3 aromatic rings. The van der Waals surface area contributed by atoms with E-state index in [9.17, 15) is 10.1 Å². The second-order valence-electron chi connectivity index (χ2n) is 3.84. The van der Waals surface area contributed by atoms with E-state index in [-0.39, 0.29) is 24.9 Å². The van der Waals surface area contributed by atoms with Crippen molar-refractivity contribution in [1.82, 2.24) is 7.96 Å². The molecule has 0 radical (unpaired) electrons. The molecular formula is C11H8N4O2SSe. The summed E-state index contributed by atoms with van der Waals surface area (Å²) in [4.78, 5) is 10.2. The normalized spacial score (nSPS) is 10.7. The van der Waals surface area contributed by atoms with Gasteiger partial charge in [0.25, 0.3) is 0 Å². The average Bonchev–Trinajstić information content (AvgIpc) is 3.05. The quantitative estimate of drug-likeness (QED) is 0.448. The first kappa shape index (κ1) is 12.3. The van der Waals surface area contributed by atoms with Crippen LogP contribution in [0.2, 0.25) is 0 Å². The third-order valence-electron chi connectivity index (χ3n) is 2.59. The summed E-state index contributed by atoms with van der Waals surface area (Å²) in [5.41, 5.74) is 3.64. The van der Waals surface area contributed by atoms with Gasteiger partial charge in [-0.2, -0.15) is 0 Å². The number of hydrogen-bond acceptors (Lipinski definition) is 6. The SMILES string of the molecule is O=[N+]([O-])c1cc(CNc2cccc3n[se]nc23)cs1. The Balaban J connectivity index is 1.78. The Morgan fingerprint density at radius 1 is 1.42 bits per heavy atom. The van der Waals surface area contributed by atoms with Crippen molar-refractivity contribution in [1.29, 1.82) is 0 Å². The van der Waals surface area contributed by atoms with Gasteiger partial charge in [0, 0.05) is 0 Å². The molecule has 0 aliphatic heterocycles. The fourth-order valence-electron chi connectivity index (χ4n) is 1.70. The van der Waals surface area contributed by atoms with Crippen LogP contribution in [0.3, 0.4) is 0 Å². The summed E-state index contributed by atoms with van der Waals surface area (Å²) in [5, 5.41) is 15.8. The second kappa shape index (κ2) is 5.08. The van der Waals surface area contributed by atoms with Gasteiger partial charge in [-0.3, -0.25) is 0 Å². The van der Waals surface area contributed by atoms with E-state index in [1.807, 2.05) is 18.2 Å². The van der Waals surface area contributed by atoms with Crippen LogP contribution in [-0.4, -0.2) is 27.8 Å². The summed E-state index contributed by atoms with van der Waals surface area (Å²) in [5.74, 6) is 0. The van der Waals surface area contributed by atoms with Crippen molar-refractivity contribution < 1.29 is 4.92 Å². The van der Waals surface area contributed by atoms with Crippen molar-refractivity contribution in [2.75, 3.05) is 5.32 Å². The van der Waals surface area contributed by atoms with Gasteiger partial charge in [0.15, 0.2) is 0 Å². The van der Waals surface area contributed by atoms with Crippen molar-refractivity contribution in [2.45, 2.75) is 6.54 Å². The first-order valence-corrected chi connectivity index (χ1v) is 7.82. The fraction of sp³-hybridized carbons (Fsp3) is 0.0909. The molecule has 3 rings (SSSR count). The zero-order valence-corrected chi connectivity index (χ0v) is 12.1. The molecule has 1 N–H and O–H groups in total. The first-order chi connectivity index (χ1) is 9.24. The van der Waals surface area contributed by atoms with Crippen LogP contribution in [0.25, 0.3) is 11.0 Å². The average molecular weight is 339 g/mol. The molecule has 0 unspecified atom stereocenters. The molecule has 0 aliphatic carbocycles. The molecule has 8 heteroatoms. The van der Waals surface area contributed by atoms with Crippen LogP contribution in [0.4, 0.5) is 10.7 Å². The summed E-state index contributed by atoms with van der Waals surface area (Å²) < 4.78 is 8.68. The van der Waals surface area contributed by atoms with Gasteiger partial charge in [-0.1, -0.05) is 0 Å². The number of anilines is 1. The van der Waals surface area contributed by atoms with Gasteiger partial charge in [0.1, 0.15) is 0 Å². The topological polar surface area (TPSA) is 81.0 Å². The molecule has 0 saturated heterocycles. The molecule has 0 amide bonds. The summed E-state index contributed by atoms with van der Waals surface area (Å²) in [7, 11) is 0. The molecule has 0 saturated carbocycles. The van der Waals surface area contributed by atoms with Crippen molar-refractivity contribution in [2.24, 2.45) is 0 Å². The van der Waals surface area contributed by atoms with E-state index in [0.717, 1.165) is 33.6 Å². The number of hydrogen-bond donors (Lipinski definition) is 1. The Labute approximate surface area is 118 Å². The summed E-state index contributed by atoms with van der Waals surface area (Å²) >= 11 is 1.09. The number of nitrogens with one attached hydrogen (secondary N) is 1. The molecule has 2 aromatic heterocycles. The number of thiophene rings is 1. The van der Waals surface area contributed by atoms with Crippen LogP contribution >= 0.6 is 11.3 Å². The Kier molecular flexibility index (Phi) is 3.29. The first-order valence-electron chi connectivity index (χ1n) is 5.41. The number of fused-ring (bicyclic) bond motifs is 1. The van der Waals surface area contributed by atoms with Gasteiger partial charge in [0.05, 0.1) is 0 Å².